The van der Waals surface area contributed by atoms with Gasteiger partial charge in [-0.25, -0.2) is 4.98 Å². The van der Waals surface area contributed by atoms with Crippen LogP contribution in [0.1, 0.15) is 23.7 Å². The Bertz CT molecular complexity index is 416. The molecular formula is C13H16N2OS. The first-order valence-electron chi connectivity index (χ1n) is 5.61. The molecule has 0 aliphatic carbocycles. The molecule has 17 heavy (non-hydrogen) atoms. The number of hydrogen-bond donors (Lipinski definition) is 1. The lowest BCUT2D eigenvalue weighted by atomic mass is 10.2. The van der Waals surface area contributed by atoms with Crippen molar-refractivity contribution in [3.8, 4) is 0 Å². The Kier molecular flexibility index (Phi) is 4.67. The molecule has 0 bridgehead atoms. The van der Waals surface area contributed by atoms with E-state index < -0.39 is 0 Å². The van der Waals surface area contributed by atoms with E-state index in [0.717, 1.165) is 12.1 Å². The zero-order valence-corrected chi connectivity index (χ0v) is 10.4. The van der Waals surface area contributed by atoms with Gasteiger partial charge in [0, 0.05) is 12.0 Å². The van der Waals surface area contributed by atoms with Gasteiger partial charge < -0.3 is 10.5 Å². The standard InChI is InChI=1S/C13H16N2OS/c14-12(13-9-17-10-15-13)6-7-16-8-11-4-2-1-3-5-11/h1-5,9-10,12H,6-8,14H2. The van der Waals surface area contributed by atoms with E-state index in [9.17, 15) is 0 Å². The normalized spacial score (nSPS) is 12.5. The first-order chi connectivity index (χ1) is 8.36. The van der Waals surface area contributed by atoms with E-state index in [1.54, 1.807) is 16.8 Å². The van der Waals surface area contributed by atoms with E-state index in [1.165, 1.54) is 5.56 Å². The monoisotopic (exact) mass is 248 g/mol. The van der Waals surface area contributed by atoms with Gasteiger partial charge in [0.25, 0.3) is 0 Å². The van der Waals surface area contributed by atoms with Gasteiger partial charge in [0.1, 0.15) is 0 Å². The highest BCUT2D eigenvalue weighted by Crippen LogP contribution is 2.13. The van der Waals surface area contributed by atoms with Gasteiger partial charge >= 0.3 is 0 Å². The van der Waals surface area contributed by atoms with Crippen molar-refractivity contribution in [2.75, 3.05) is 6.61 Å². The molecule has 0 aliphatic heterocycles. The van der Waals surface area contributed by atoms with Gasteiger partial charge in [-0.2, -0.15) is 0 Å². The molecular weight excluding hydrogens is 232 g/mol. The van der Waals surface area contributed by atoms with Crippen LogP contribution in [-0.4, -0.2) is 11.6 Å². The van der Waals surface area contributed by atoms with E-state index in [1.807, 2.05) is 23.6 Å². The molecule has 2 aromatic rings. The van der Waals surface area contributed by atoms with Crippen molar-refractivity contribution in [3.05, 3.63) is 52.5 Å². The van der Waals surface area contributed by atoms with Crippen LogP contribution in [0.5, 0.6) is 0 Å². The lowest BCUT2D eigenvalue weighted by Crippen LogP contribution is -2.13. The smallest absolute Gasteiger partial charge is 0.0795 e. The zero-order valence-electron chi connectivity index (χ0n) is 9.58. The molecule has 3 nitrogen and oxygen atoms in total. The second-order valence-electron chi connectivity index (χ2n) is 3.85. The van der Waals surface area contributed by atoms with Crippen LogP contribution >= 0.6 is 11.3 Å². The third-order valence-electron chi connectivity index (χ3n) is 2.52. The molecule has 0 spiro atoms. The Labute approximate surface area is 105 Å². The minimum absolute atomic E-state index is 0.0166. The van der Waals surface area contributed by atoms with Crippen LogP contribution in [-0.2, 0) is 11.3 Å². The van der Waals surface area contributed by atoms with Crippen LogP contribution in [0.4, 0.5) is 0 Å². The number of aromatic nitrogens is 1. The average Bonchev–Trinajstić information content (AvgIpc) is 2.89. The highest BCUT2D eigenvalue weighted by atomic mass is 32.1. The van der Waals surface area contributed by atoms with Crippen molar-refractivity contribution in [2.45, 2.75) is 19.1 Å². The first-order valence-corrected chi connectivity index (χ1v) is 6.56. The van der Waals surface area contributed by atoms with Crippen LogP contribution in [0.2, 0.25) is 0 Å². The maximum absolute atomic E-state index is 5.98. The minimum atomic E-state index is -0.0166. The third-order valence-corrected chi connectivity index (χ3v) is 3.12. The number of nitrogens with zero attached hydrogens (tertiary/aromatic N) is 1. The molecule has 1 aromatic carbocycles. The number of nitrogens with two attached hydrogens (primary N) is 1. The summed E-state index contributed by atoms with van der Waals surface area (Å²) in [6.45, 7) is 1.30. The van der Waals surface area contributed by atoms with Gasteiger partial charge in [-0.05, 0) is 12.0 Å². The van der Waals surface area contributed by atoms with Gasteiger partial charge in [-0.1, -0.05) is 30.3 Å². The van der Waals surface area contributed by atoms with Gasteiger partial charge in [-0.3, -0.25) is 0 Å². The molecule has 1 aromatic heterocycles. The van der Waals surface area contributed by atoms with E-state index >= 15 is 0 Å². The molecule has 1 unspecified atom stereocenters. The van der Waals surface area contributed by atoms with Crippen LogP contribution in [0.15, 0.2) is 41.2 Å². The Hall–Kier alpha value is -1.23. The molecule has 0 saturated heterocycles. The van der Waals surface area contributed by atoms with Crippen LogP contribution in [0.25, 0.3) is 0 Å². The molecule has 0 amide bonds. The van der Waals surface area contributed by atoms with E-state index in [4.69, 9.17) is 10.5 Å². The van der Waals surface area contributed by atoms with Crippen LogP contribution < -0.4 is 5.73 Å². The molecule has 2 N–H and O–H groups in total. The Balaban J connectivity index is 1.67. The number of ether oxygens (including phenoxy) is 1. The van der Waals surface area contributed by atoms with Crippen LogP contribution in [0.3, 0.4) is 0 Å². The van der Waals surface area contributed by atoms with Crippen molar-refractivity contribution in [2.24, 2.45) is 5.73 Å². The topological polar surface area (TPSA) is 48.1 Å². The van der Waals surface area contributed by atoms with Crippen molar-refractivity contribution in [1.82, 2.24) is 4.98 Å². The maximum atomic E-state index is 5.98. The summed E-state index contributed by atoms with van der Waals surface area (Å²) in [7, 11) is 0. The molecule has 0 fully saturated rings. The highest BCUT2D eigenvalue weighted by molar-refractivity contribution is 7.07. The summed E-state index contributed by atoms with van der Waals surface area (Å²) < 4.78 is 5.58. The van der Waals surface area contributed by atoms with Gasteiger partial charge in [0.05, 0.1) is 23.9 Å². The van der Waals surface area contributed by atoms with E-state index in [0.29, 0.717) is 13.2 Å². The van der Waals surface area contributed by atoms with Crippen molar-refractivity contribution < 1.29 is 4.74 Å². The predicted octanol–water partition coefficient (Wildman–Crippen LogP) is 2.75. The van der Waals surface area contributed by atoms with Gasteiger partial charge in [-0.15, -0.1) is 11.3 Å². The molecule has 0 aliphatic rings. The molecule has 4 heteroatoms. The summed E-state index contributed by atoms with van der Waals surface area (Å²) in [5, 5.41) is 1.99. The Morgan fingerprint density at radius 1 is 1.29 bits per heavy atom. The molecule has 1 heterocycles. The summed E-state index contributed by atoms with van der Waals surface area (Å²) >= 11 is 1.57. The molecule has 0 saturated carbocycles. The summed E-state index contributed by atoms with van der Waals surface area (Å²) in [5.41, 5.74) is 9.93. The van der Waals surface area contributed by atoms with Crippen LogP contribution in [0, 0.1) is 0 Å². The molecule has 1 atom stereocenters. The summed E-state index contributed by atoms with van der Waals surface area (Å²) in [6, 6.07) is 10.1. The van der Waals surface area contributed by atoms with E-state index in [2.05, 4.69) is 17.1 Å². The highest BCUT2D eigenvalue weighted by Gasteiger charge is 2.07. The predicted molar refractivity (Wildman–Crippen MR) is 69.8 cm³/mol. The Morgan fingerprint density at radius 3 is 2.82 bits per heavy atom. The molecule has 90 valence electrons. The molecule has 2 rings (SSSR count). The molecule has 0 radical (unpaired) electrons. The quantitative estimate of drug-likeness (QED) is 0.800. The second-order valence-corrected chi connectivity index (χ2v) is 4.57. The SMILES string of the molecule is NC(CCOCc1ccccc1)c1cscn1. The number of benzene rings is 1. The second kappa shape index (κ2) is 6.49. The van der Waals surface area contributed by atoms with Crippen molar-refractivity contribution in [3.63, 3.8) is 0 Å². The van der Waals surface area contributed by atoms with Gasteiger partial charge in [0.15, 0.2) is 0 Å². The Morgan fingerprint density at radius 2 is 2.12 bits per heavy atom. The largest absolute Gasteiger partial charge is 0.377 e. The third kappa shape index (κ3) is 3.93. The number of hydrogen-bond acceptors (Lipinski definition) is 4. The fraction of sp³-hybridized carbons (Fsp3) is 0.308. The summed E-state index contributed by atoms with van der Waals surface area (Å²) in [4.78, 5) is 4.19. The number of rotatable bonds is 6. The fourth-order valence-corrected chi connectivity index (χ4v) is 2.15. The van der Waals surface area contributed by atoms with Crippen molar-refractivity contribution >= 4 is 11.3 Å². The maximum Gasteiger partial charge on any atom is 0.0795 e. The average molecular weight is 248 g/mol. The first kappa shape index (κ1) is 12.2. The zero-order chi connectivity index (χ0) is 11.9. The fourth-order valence-electron chi connectivity index (χ4n) is 1.53. The lowest BCUT2D eigenvalue weighted by molar-refractivity contribution is 0.114. The lowest BCUT2D eigenvalue weighted by Gasteiger charge is -2.09. The van der Waals surface area contributed by atoms with Gasteiger partial charge in [0.2, 0.25) is 0 Å². The van der Waals surface area contributed by atoms with E-state index in [-0.39, 0.29) is 6.04 Å². The number of thiazole rings is 1. The minimum Gasteiger partial charge on any atom is -0.377 e. The summed E-state index contributed by atoms with van der Waals surface area (Å²) in [6.07, 6.45) is 0.802. The van der Waals surface area contributed by atoms with Crippen molar-refractivity contribution in [1.29, 1.82) is 0 Å². The summed E-state index contributed by atoms with van der Waals surface area (Å²) in [5.74, 6) is 0.